The summed E-state index contributed by atoms with van der Waals surface area (Å²) >= 11 is 0. The number of benzene rings is 1. The highest BCUT2D eigenvalue weighted by atomic mass is 19.4. The Balaban J connectivity index is 1.26. The van der Waals surface area contributed by atoms with E-state index < -0.39 is 34.8 Å². The van der Waals surface area contributed by atoms with E-state index in [0.717, 1.165) is 0 Å². The number of halogens is 4. The smallest absolute Gasteiger partial charge is 0.411 e. The third-order valence-electron chi connectivity index (χ3n) is 6.50. The van der Waals surface area contributed by atoms with Crippen molar-refractivity contribution in [3.63, 3.8) is 0 Å². The molecule has 2 aliphatic carbocycles. The Morgan fingerprint density at radius 1 is 1.09 bits per heavy atom. The lowest BCUT2D eigenvalue weighted by molar-refractivity contribution is -0.163. The number of amides is 1. The van der Waals surface area contributed by atoms with Crippen LogP contribution in [0.3, 0.4) is 0 Å². The van der Waals surface area contributed by atoms with Crippen LogP contribution in [0.1, 0.15) is 52.9 Å². The number of hydrogen-bond donors (Lipinski definition) is 1. The van der Waals surface area contributed by atoms with E-state index in [1.165, 1.54) is 30.5 Å². The van der Waals surface area contributed by atoms with Gasteiger partial charge in [-0.15, -0.1) is 0 Å². The number of ether oxygens (including phenoxy) is 1. The molecule has 0 unspecified atom stereocenters. The Morgan fingerprint density at radius 3 is 2.45 bits per heavy atom. The van der Waals surface area contributed by atoms with Gasteiger partial charge in [-0.2, -0.15) is 13.2 Å². The summed E-state index contributed by atoms with van der Waals surface area (Å²) in [5.74, 6) is -2.10. The molecule has 2 aromatic rings. The molecule has 2 heterocycles. The van der Waals surface area contributed by atoms with Crippen molar-refractivity contribution in [3.8, 4) is 5.75 Å². The van der Waals surface area contributed by atoms with Crippen LogP contribution in [0.25, 0.3) is 0 Å². The number of pyridine rings is 1. The molecule has 172 valence electrons. The van der Waals surface area contributed by atoms with Gasteiger partial charge in [0.05, 0.1) is 5.41 Å². The molecule has 1 spiro atoms. The fourth-order valence-corrected chi connectivity index (χ4v) is 4.19. The molecule has 2 fully saturated rings. The number of rotatable bonds is 6. The van der Waals surface area contributed by atoms with Crippen LogP contribution in [0.4, 0.5) is 17.6 Å². The lowest BCUT2D eigenvalue weighted by Crippen LogP contribution is -2.48. The molecule has 0 bridgehead atoms. The highest BCUT2D eigenvalue weighted by molar-refractivity contribution is 5.94. The predicted molar refractivity (Wildman–Crippen MR) is 105 cm³/mol. The number of fused-ring (bicyclic) bond motifs is 2. The minimum absolute atomic E-state index is 0.0807. The van der Waals surface area contributed by atoms with Gasteiger partial charge in [-0.3, -0.25) is 19.4 Å². The summed E-state index contributed by atoms with van der Waals surface area (Å²) in [6, 6.07) is 5.32. The van der Waals surface area contributed by atoms with E-state index in [1.807, 2.05) is 5.32 Å². The number of aromatic nitrogens is 1. The lowest BCUT2D eigenvalue weighted by atomic mass is 9.94. The number of alkyl halides is 3. The van der Waals surface area contributed by atoms with Crippen LogP contribution in [0.15, 0.2) is 30.5 Å². The number of esters is 1. The Morgan fingerprint density at radius 2 is 1.82 bits per heavy atom. The number of Topliss-reactive ketones (excluding diaryl/α,β-unsaturated/α-hetero) is 1. The van der Waals surface area contributed by atoms with E-state index in [4.69, 9.17) is 4.74 Å². The summed E-state index contributed by atoms with van der Waals surface area (Å²) < 4.78 is 59.1. The number of nitrogens with one attached hydrogen (secondary N) is 1. The zero-order valence-corrected chi connectivity index (χ0v) is 17.2. The van der Waals surface area contributed by atoms with Gasteiger partial charge in [0, 0.05) is 24.6 Å². The van der Waals surface area contributed by atoms with Crippen LogP contribution in [0, 0.1) is 5.82 Å². The molecule has 1 aromatic carbocycles. The van der Waals surface area contributed by atoms with Crippen molar-refractivity contribution >= 4 is 17.7 Å². The molecule has 0 radical (unpaired) electrons. The topological polar surface area (TPSA) is 85.4 Å². The molecule has 2 saturated carbocycles. The Bertz CT molecular complexity index is 1200. The van der Waals surface area contributed by atoms with E-state index in [2.05, 4.69) is 4.98 Å². The third kappa shape index (κ3) is 3.67. The first-order chi connectivity index (χ1) is 15.5. The molecule has 1 aromatic heterocycles. The van der Waals surface area contributed by atoms with Crippen LogP contribution in [0.5, 0.6) is 5.75 Å². The lowest BCUT2D eigenvalue weighted by Gasteiger charge is -2.20. The van der Waals surface area contributed by atoms with Crippen LogP contribution < -0.4 is 10.1 Å². The molecule has 0 saturated heterocycles. The molecule has 5 rings (SSSR count). The summed E-state index contributed by atoms with van der Waals surface area (Å²) in [4.78, 5) is 40.6. The van der Waals surface area contributed by atoms with Gasteiger partial charge in [0.15, 0.2) is 0 Å². The second-order valence-corrected chi connectivity index (χ2v) is 8.89. The van der Waals surface area contributed by atoms with Crippen molar-refractivity contribution in [1.29, 1.82) is 0 Å². The molecule has 3 aliphatic rings. The SMILES string of the molecule is O=C(Cc1ccnc(C(=O)NC2(C(F)(F)F)CC2)c1)Cc1cc2c(cc1F)C1(CC1)C(=O)O2. The van der Waals surface area contributed by atoms with Crippen LogP contribution >= 0.6 is 0 Å². The minimum atomic E-state index is -4.55. The number of ketones is 1. The number of carbonyl (C=O) groups is 3. The zero-order valence-electron chi connectivity index (χ0n) is 17.2. The van der Waals surface area contributed by atoms with Crippen LogP contribution in [0.2, 0.25) is 0 Å². The number of hydrogen-bond acceptors (Lipinski definition) is 5. The van der Waals surface area contributed by atoms with E-state index >= 15 is 0 Å². The molecule has 10 heteroatoms. The highest BCUT2D eigenvalue weighted by Gasteiger charge is 2.64. The van der Waals surface area contributed by atoms with Gasteiger partial charge in [0.25, 0.3) is 5.91 Å². The Hall–Kier alpha value is -3.30. The average molecular weight is 462 g/mol. The van der Waals surface area contributed by atoms with Gasteiger partial charge in [-0.25, -0.2) is 4.39 Å². The molecular formula is C23H18F4N2O4. The Kier molecular flexibility index (Phi) is 4.63. The molecule has 6 nitrogen and oxygen atoms in total. The van der Waals surface area contributed by atoms with E-state index in [0.29, 0.717) is 24.0 Å². The zero-order chi connectivity index (χ0) is 23.6. The molecule has 33 heavy (non-hydrogen) atoms. The fourth-order valence-electron chi connectivity index (χ4n) is 4.19. The Labute approximate surface area is 185 Å². The van der Waals surface area contributed by atoms with Gasteiger partial charge < -0.3 is 10.1 Å². The minimum Gasteiger partial charge on any atom is -0.426 e. The number of nitrogens with zero attached hydrogens (tertiary/aromatic N) is 1. The molecule has 0 atom stereocenters. The quantitative estimate of drug-likeness (QED) is 0.404. The van der Waals surface area contributed by atoms with Gasteiger partial charge in [-0.05, 0) is 61.1 Å². The third-order valence-corrected chi connectivity index (χ3v) is 6.50. The first kappa shape index (κ1) is 21.5. The summed E-state index contributed by atoms with van der Waals surface area (Å²) in [5, 5.41) is 1.99. The summed E-state index contributed by atoms with van der Waals surface area (Å²) in [6.07, 6.45) is -2.93. The standard InChI is InChI=1S/C23H18F4N2O4/c24-16-11-15-18(33-20(32)21(15)2-3-21)10-13(16)9-14(30)7-12-1-6-28-17(8-12)19(31)29-22(4-5-22)23(25,26)27/h1,6,8,10-11H,2-5,7,9H2,(H,29,31). The van der Waals surface area contributed by atoms with E-state index in [-0.39, 0.29) is 48.5 Å². The first-order valence-electron chi connectivity index (χ1n) is 10.4. The van der Waals surface area contributed by atoms with E-state index in [9.17, 15) is 31.9 Å². The predicted octanol–water partition coefficient (Wildman–Crippen LogP) is 3.35. The fraction of sp³-hybridized carbons (Fsp3) is 0.391. The molecule has 1 aliphatic heterocycles. The van der Waals surface area contributed by atoms with Gasteiger partial charge in [0.2, 0.25) is 0 Å². The molecule has 1 N–H and O–H groups in total. The van der Waals surface area contributed by atoms with Crippen molar-refractivity contribution in [2.75, 3.05) is 0 Å². The maximum Gasteiger partial charge on any atom is 0.411 e. The van der Waals surface area contributed by atoms with Crippen LogP contribution in [-0.4, -0.2) is 34.4 Å². The normalized spacial score (nSPS) is 19.1. The summed E-state index contributed by atoms with van der Waals surface area (Å²) in [7, 11) is 0. The van der Waals surface area contributed by atoms with Gasteiger partial charge in [-0.1, -0.05) is 0 Å². The van der Waals surface area contributed by atoms with E-state index in [1.54, 1.807) is 0 Å². The van der Waals surface area contributed by atoms with Crippen molar-refractivity contribution in [2.45, 2.75) is 55.7 Å². The average Bonchev–Trinajstić information content (AvgIpc) is 3.64. The maximum absolute atomic E-state index is 14.6. The van der Waals surface area contributed by atoms with Gasteiger partial charge >= 0.3 is 12.1 Å². The van der Waals surface area contributed by atoms with Crippen molar-refractivity contribution in [3.05, 3.63) is 58.7 Å². The molecule has 1 amide bonds. The van der Waals surface area contributed by atoms with Crippen LogP contribution in [-0.2, 0) is 27.8 Å². The first-order valence-corrected chi connectivity index (χ1v) is 10.4. The maximum atomic E-state index is 14.6. The van der Waals surface area contributed by atoms with Crippen molar-refractivity contribution in [2.24, 2.45) is 0 Å². The van der Waals surface area contributed by atoms with Crippen molar-refractivity contribution in [1.82, 2.24) is 10.3 Å². The van der Waals surface area contributed by atoms with Crippen molar-refractivity contribution < 1.29 is 36.7 Å². The van der Waals surface area contributed by atoms with Gasteiger partial charge in [0.1, 0.15) is 28.6 Å². The second kappa shape index (κ2) is 7.10. The number of carbonyl (C=O) groups excluding carboxylic acids is 3. The highest BCUT2D eigenvalue weighted by Crippen LogP contribution is 2.56. The monoisotopic (exact) mass is 462 g/mol. The second-order valence-electron chi connectivity index (χ2n) is 8.89. The summed E-state index contributed by atoms with van der Waals surface area (Å²) in [6.45, 7) is 0. The molecular weight excluding hydrogens is 444 g/mol. The largest absolute Gasteiger partial charge is 0.426 e. The summed E-state index contributed by atoms with van der Waals surface area (Å²) in [5.41, 5.74) is -2.23.